The zero-order valence-corrected chi connectivity index (χ0v) is 17.3. The highest BCUT2D eigenvalue weighted by molar-refractivity contribution is 7.80. The third kappa shape index (κ3) is 4.72. The molecule has 0 atom stereocenters. The van der Waals surface area contributed by atoms with E-state index in [9.17, 15) is 0 Å². The first kappa shape index (κ1) is 19.5. The highest BCUT2D eigenvalue weighted by Gasteiger charge is 2.21. The molecular formula is C22H29N3OS. The molecule has 3 rings (SSSR count). The number of benzene rings is 2. The van der Waals surface area contributed by atoms with Crippen molar-refractivity contribution in [3.8, 4) is 5.75 Å². The molecule has 0 bridgehead atoms. The minimum Gasteiger partial charge on any atom is -0.492 e. The van der Waals surface area contributed by atoms with Crippen molar-refractivity contribution < 1.29 is 4.74 Å². The van der Waals surface area contributed by atoms with Crippen LogP contribution in [0.2, 0.25) is 0 Å². The van der Waals surface area contributed by atoms with Crippen LogP contribution < -0.4 is 15.0 Å². The second-order valence-corrected chi connectivity index (χ2v) is 7.43. The average Bonchev–Trinajstić information content (AvgIpc) is 2.69. The highest BCUT2D eigenvalue weighted by atomic mass is 32.1. The van der Waals surface area contributed by atoms with Gasteiger partial charge in [-0.05, 0) is 48.8 Å². The molecule has 27 heavy (non-hydrogen) atoms. The van der Waals surface area contributed by atoms with Gasteiger partial charge in [0.05, 0.1) is 12.3 Å². The highest BCUT2D eigenvalue weighted by Crippen LogP contribution is 2.29. The topological polar surface area (TPSA) is 27.7 Å². The molecule has 0 unspecified atom stereocenters. The quantitative estimate of drug-likeness (QED) is 0.754. The van der Waals surface area contributed by atoms with Gasteiger partial charge in [0, 0.05) is 31.9 Å². The standard InChI is InChI=1S/C22H29N3OS/c1-4-26-21-12-8-7-11-20(21)24-13-15-25(16-14-24)22(27)23-19-10-6-5-9-18(19)17(2)3/h5-12,17H,4,13-16H2,1-3H3,(H,23,27). The zero-order chi connectivity index (χ0) is 19.2. The van der Waals surface area contributed by atoms with Gasteiger partial charge in [-0.3, -0.25) is 0 Å². The van der Waals surface area contributed by atoms with Crippen LogP contribution in [0.25, 0.3) is 0 Å². The van der Waals surface area contributed by atoms with Crippen molar-refractivity contribution in [2.24, 2.45) is 0 Å². The van der Waals surface area contributed by atoms with Crippen LogP contribution in [0.3, 0.4) is 0 Å². The smallest absolute Gasteiger partial charge is 0.173 e. The third-order valence-corrected chi connectivity index (χ3v) is 5.26. The molecule has 2 aromatic carbocycles. The largest absolute Gasteiger partial charge is 0.492 e. The van der Waals surface area contributed by atoms with E-state index in [1.807, 2.05) is 19.1 Å². The van der Waals surface area contributed by atoms with Gasteiger partial charge in [0.1, 0.15) is 5.75 Å². The molecule has 1 saturated heterocycles. The number of hydrogen-bond donors (Lipinski definition) is 1. The fraction of sp³-hybridized carbons (Fsp3) is 0.409. The Balaban J connectivity index is 1.62. The van der Waals surface area contributed by atoms with Crippen LogP contribution >= 0.6 is 12.2 Å². The number of rotatable bonds is 5. The molecule has 2 aromatic rings. The van der Waals surface area contributed by atoms with Gasteiger partial charge in [-0.25, -0.2) is 0 Å². The average molecular weight is 384 g/mol. The Morgan fingerprint density at radius 1 is 1.04 bits per heavy atom. The Kier molecular flexibility index (Phi) is 6.56. The number of para-hydroxylation sites is 3. The minimum absolute atomic E-state index is 0.461. The van der Waals surface area contributed by atoms with Crippen molar-refractivity contribution in [3.05, 3.63) is 54.1 Å². The van der Waals surface area contributed by atoms with Gasteiger partial charge in [-0.1, -0.05) is 44.2 Å². The van der Waals surface area contributed by atoms with E-state index < -0.39 is 0 Å². The lowest BCUT2D eigenvalue weighted by molar-refractivity contribution is 0.336. The molecule has 1 heterocycles. The first-order valence-electron chi connectivity index (χ1n) is 9.71. The summed E-state index contributed by atoms with van der Waals surface area (Å²) in [5.41, 5.74) is 3.58. The van der Waals surface area contributed by atoms with Crippen LogP contribution in [0.5, 0.6) is 5.75 Å². The molecule has 144 valence electrons. The van der Waals surface area contributed by atoms with E-state index in [-0.39, 0.29) is 0 Å². The summed E-state index contributed by atoms with van der Waals surface area (Å²) in [6.07, 6.45) is 0. The summed E-state index contributed by atoms with van der Waals surface area (Å²) in [6.45, 7) is 10.8. The fourth-order valence-corrected chi connectivity index (χ4v) is 3.75. The normalized spacial score (nSPS) is 14.4. The molecule has 1 aliphatic rings. The number of anilines is 2. The summed E-state index contributed by atoms with van der Waals surface area (Å²) in [5.74, 6) is 1.42. The Hall–Kier alpha value is -2.27. The first-order valence-corrected chi connectivity index (χ1v) is 10.1. The van der Waals surface area contributed by atoms with E-state index in [4.69, 9.17) is 17.0 Å². The number of nitrogens with zero attached hydrogens (tertiary/aromatic N) is 2. The van der Waals surface area contributed by atoms with E-state index in [1.165, 1.54) is 11.3 Å². The lowest BCUT2D eigenvalue weighted by Crippen LogP contribution is -2.50. The van der Waals surface area contributed by atoms with Crippen molar-refractivity contribution in [2.75, 3.05) is 43.0 Å². The first-order chi connectivity index (χ1) is 13.1. The molecule has 0 amide bonds. The van der Waals surface area contributed by atoms with Gasteiger partial charge < -0.3 is 19.9 Å². The summed E-state index contributed by atoms with van der Waals surface area (Å²) in [4.78, 5) is 4.64. The Morgan fingerprint density at radius 2 is 1.70 bits per heavy atom. The number of piperazine rings is 1. The van der Waals surface area contributed by atoms with Crippen LogP contribution in [0.4, 0.5) is 11.4 Å². The molecule has 4 nitrogen and oxygen atoms in total. The SMILES string of the molecule is CCOc1ccccc1N1CCN(C(=S)Nc2ccccc2C(C)C)CC1. The molecule has 1 N–H and O–H groups in total. The summed E-state index contributed by atoms with van der Waals surface area (Å²) in [6, 6.07) is 16.7. The maximum atomic E-state index is 5.79. The molecule has 0 radical (unpaired) electrons. The maximum Gasteiger partial charge on any atom is 0.173 e. The van der Waals surface area contributed by atoms with Crippen LogP contribution in [-0.2, 0) is 0 Å². The van der Waals surface area contributed by atoms with E-state index in [0.29, 0.717) is 12.5 Å². The van der Waals surface area contributed by atoms with Gasteiger partial charge in [-0.15, -0.1) is 0 Å². The minimum atomic E-state index is 0.461. The Labute approximate surface area is 168 Å². The number of hydrogen-bond acceptors (Lipinski definition) is 3. The molecule has 1 fully saturated rings. The van der Waals surface area contributed by atoms with Crippen molar-refractivity contribution in [3.63, 3.8) is 0 Å². The van der Waals surface area contributed by atoms with E-state index >= 15 is 0 Å². The summed E-state index contributed by atoms with van der Waals surface area (Å²) < 4.78 is 5.79. The molecule has 0 saturated carbocycles. The number of ether oxygens (including phenoxy) is 1. The number of thiocarbonyl (C=S) groups is 1. The molecule has 5 heteroatoms. The Morgan fingerprint density at radius 3 is 2.41 bits per heavy atom. The third-order valence-electron chi connectivity index (χ3n) is 4.90. The van der Waals surface area contributed by atoms with Crippen LogP contribution in [0.1, 0.15) is 32.3 Å². The van der Waals surface area contributed by atoms with Gasteiger partial charge in [0.2, 0.25) is 0 Å². The van der Waals surface area contributed by atoms with E-state index in [2.05, 4.69) is 65.4 Å². The van der Waals surface area contributed by atoms with Crippen LogP contribution in [0, 0.1) is 0 Å². The second-order valence-electron chi connectivity index (χ2n) is 7.05. The van der Waals surface area contributed by atoms with E-state index in [1.54, 1.807) is 0 Å². The molecule has 0 aromatic heterocycles. The Bertz CT molecular complexity index is 770. The molecule has 1 aliphatic heterocycles. The molecule has 0 spiro atoms. The number of nitrogens with one attached hydrogen (secondary N) is 1. The van der Waals surface area contributed by atoms with Crippen molar-refractivity contribution in [2.45, 2.75) is 26.7 Å². The lowest BCUT2D eigenvalue weighted by Gasteiger charge is -2.38. The predicted octanol–water partition coefficient (Wildman–Crippen LogP) is 4.73. The summed E-state index contributed by atoms with van der Waals surface area (Å²) >= 11 is 5.70. The van der Waals surface area contributed by atoms with Crippen LogP contribution in [0.15, 0.2) is 48.5 Å². The van der Waals surface area contributed by atoms with Gasteiger partial charge in [0.15, 0.2) is 5.11 Å². The van der Waals surface area contributed by atoms with Crippen LogP contribution in [-0.4, -0.2) is 42.8 Å². The van der Waals surface area contributed by atoms with Crippen molar-refractivity contribution >= 4 is 28.7 Å². The van der Waals surface area contributed by atoms with Crippen molar-refractivity contribution in [1.82, 2.24) is 4.90 Å². The second kappa shape index (κ2) is 9.09. The lowest BCUT2D eigenvalue weighted by atomic mass is 10.0. The summed E-state index contributed by atoms with van der Waals surface area (Å²) in [7, 11) is 0. The van der Waals surface area contributed by atoms with Gasteiger partial charge in [-0.2, -0.15) is 0 Å². The summed E-state index contributed by atoms with van der Waals surface area (Å²) in [5, 5.41) is 4.27. The molecular weight excluding hydrogens is 354 g/mol. The van der Waals surface area contributed by atoms with Gasteiger partial charge in [0.25, 0.3) is 0 Å². The molecule has 0 aliphatic carbocycles. The van der Waals surface area contributed by atoms with E-state index in [0.717, 1.165) is 42.7 Å². The fourth-order valence-electron chi connectivity index (χ4n) is 3.45. The van der Waals surface area contributed by atoms with Gasteiger partial charge >= 0.3 is 0 Å². The predicted molar refractivity (Wildman–Crippen MR) is 118 cm³/mol. The maximum absolute atomic E-state index is 5.79. The zero-order valence-electron chi connectivity index (χ0n) is 16.4. The monoisotopic (exact) mass is 383 g/mol. The van der Waals surface area contributed by atoms with Crippen molar-refractivity contribution in [1.29, 1.82) is 0 Å².